The zero-order chi connectivity index (χ0) is 16.1. The number of anilines is 1. The Kier molecular flexibility index (Phi) is 5.10. The minimum Gasteiger partial charge on any atom is -0.398 e. The molecular weight excluding hydrogens is 324 g/mol. The Morgan fingerprint density at radius 2 is 2.04 bits per heavy atom. The first-order valence-electron chi connectivity index (χ1n) is 7.22. The van der Waals surface area contributed by atoms with Crippen LogP contribution in [0.25, 0.3) is 0 Å². The van der Waals surface area contributed by atoms with Gasteiger partial charge in [-0.2, -0.15) is 0 Å². The standard InChI is InChI=1S/C18H16N2OS2/c19-14-6-1-2-7-16(14)23-18(13-5-3-9-20-12-13)11-15(21)17-8-4-10-22-17/h1-10,12,18H,11,19H2/t18-/m0/s1. The van der Waals surface area contributed by atoms with Gasteiger partial charge in [0.25, 0.3) is 0 Å². The van der Waals surface area contributed by atoms with E-state index in [0.29, 0.717) is 6.42 Å². The van der Waals surface area contributed by atoms with Gasteiger partial charge in [-0.15, -0.1) is 23.1 Å². The van der Waals surface area contributed by atoms with Gasteiger partial charge in [0.2, 0.25) is 0 Å². The molecule has 2 N–H and O–H groups in total. The molecule has 2 heterocycles. The number of pyridine rings is 1. The third-order valence-corrected chi connectivity index (χ3v) is 5.67. The molecule has 0 fully saturated rings. The molecule has 0 bridgehead atoms. The van der Waals surface area contributed by atoms with Gasteiger partial charge in [-0.3, -0.25) is 9.78 Å². The highest BCUT2D eigenvalue weighted by Gasteiger charge is 2.20. The monoisotopic (exact) mass is 340 g/mol. The van der Waals surface area contributed by atoms with Gasteiger partial charge in [-0.25, -0.2) is 0 Å². The maximum absolute atomic E-state index is 12.5. The Bertz CT molecular complexity index is 773. The topological polar surface area (TPSA) is 56.0 Å². The van der Waals surface area contributed by atoms with Crippen molar-refractivity contribution in [2.75, 3.05) is 5.73 Å². The molecule has 3 rings (SSSR count). The number of hydrogen-bond donors (Lipinski definition) is 1. The fourth-order valence-corrected chi connectivity index (χ4v) is 4.09. The zero-order valence-electron chi connectivity index (χ0n) is 12.4. The molecule has 0 radical (unpaired) electrons. The number of ketones is 1. The summed E-state index contributed by atoms with van der Waals surface area (Å²) in [6, 6.07) is 15.4. The number of thioether (sulfide) groups is 1. The van der Waals surface area contributed by atoms with Crippen LogP contribution in [0.15, 0.2) is 71.2 Å². The number of carbonyl (C=O) groups excluding carboxylic acids is 1. The zero-order valence-corrected chi connectivity index (χ0v) is 14.0. The quantitative estimate of drug-likeness (QED) is 0.397. The molecular formula is C18H16N2OS2. The molecule has 0 aliphatic rings. The van der Waals surface area contributed by atoms with Gasteiger partial charge in [0.15, 0.2) is 5.78 Å². The van der Waals surface area contributed by atoms with Crippen molar-refractivity contribution in [3.63, 3.8) is 0 Å². The molecule has 0 aliphatic carbocycles. The third kappa shape index (κ3) is 4.00. The molecule has 0 aliphatic heterocycles. The van der Waals surface area contributed by atoms with Gasteiger partial charge in [0, 0.05) is 34.6 Å². The van der Waals surface area contributed by atoms with E-state index >= 15 is 0 Å². The second kappa shape index (κ2) is 7.44. The first-order valence-corrected chi connectivity index (χ1v) is 8.98. The van der Waals surface area contributed by atoms with Gasteiger partial charge < -0.3 is 5.73 Å². The summed E-state index contributed by atoms with van der Waals surface area (Å²) in [5.41, 5.74) is 7.82. The Morgan fingerprint density at radius 1 is 1.17 bits per heavy atom. The van der Waals surface area contributed by atoms with Crippen molar-refractivity contribution in [1.29, 1.82) is 0 Å². The lowest BCUT2D eigenvalue weighted by atomic mass is 10.1. The molecule has 0 saturated heterocycles. The second-order valence-electron chi connectivity index (χ2n) is 5.04. The van der Waals surface area contributed by atoms with Crippen LogP contribution in [0.4, 0.5) is 5.69 Å². The van der Waals surface area contributed by atoms with Gasteiger partial charge in [0.05, 0.1) is 4.88 Å². The van der Waals surface area contributed by atoms with E-state index in [9.17, 15) is 4.79 Å². The maximum Gasteiger partial charge on any atom is 0.174 e. The summed E-state index contributed by atoms with van der Waals surface area (Å²) < 4.78 is 0. The molecule has 0 amide bonds. The van der Waals surface area contributed by atoms with Crippen molar-refractivity contribution < 1.29 is 4.79 Å². The highest BCUT2D eigenvalue weighted by molar-refractivity contribution is 7.99. The number of aromatic nitrogens is 1. The van der Waals surface area contributed by atoms with Crippen LogP contribution < -0.4 is 5.73 Å². The number of Topliss-reactive ketones (excluding diaryl/α,β-unsaturated/α-hetero) is 1. The summed E-state index contributed by atoms with van der Waals surface area (Å²) in [6.45, 7) is 0. The SMILES string of the molecule is Nc1ccccc1S[C@@H](CC(=O)c1cccs1)c1cccnc1. The van der Waals surface area contributed by atoms with Gasteiger partial charge in [-0.1, -0.05) is 24.3 Å². The van der Waals surface area contributed by atoms with Crippen molar-refractivity contribution in [1.82, 2.24) is 4.98 Å². The normalized spacial score (nSPS) is 12.0. The second-order valence-corrected chi connectivity index (χ2v) is 7.23. The number of rotatable bonds is 6. The smallest absolute Gasteiger partial charge is 0.174 e. The van der Waals surface area contributed by atoms with Crippen molar-refractivity contribution in [3.8, 4) is 0 Å². The largest absolute Gasteiger partial charge is 0.398 e. The number of nitrogen functional groups attached to an aromatic ring is 1. The van der Waals surface area contributed by atoms with Crippen LogP contribution in [0.5, 0.6) is 0 Å². The number of thiophene rings is 1. The molecule has 1 aromatic carbocycles. The summed E-state index contributed by atoms with van der Waals surface area (Å²) in [4.78, 5) is 18.5. The molecule has 1 atom stereocenters. The Balaban J connectivity index is 1.85. The third-order valence-electron chi connectivity index (χ3n) is 3.41. The average molecular weight is 340 g/mol. The van der Waals surface area contributed by atoms with Crippen LogP contribution in [-0.2, 0) is 0 Å². The van der Waals surface area contributed by atoms with Gasteiger partial charge in [0.1, 0.15) is 0 Å². The van der Waals surface area contributed by atoms with Crippen LogP contribution in [0.2, 0.25) is 0 Å². The van der Waals surface area contributed by atoms with E-state index in [-0.39, 0.29) is 11.0 Å². The minimum absolute atomic E-state index is 0.0111. The van der Waals surface area contributed by atoms with Crippen LogP contribution in [0.1, 0.15) is 26.9 Å². The minimum atomic E-state index is -0.0111. The lowest BCUT2D eigenvalue weighted by Crippen LogP contribution is -2.05. The van der Waals surface area contributed by atoms with E-state index < -0.39 is 0 Å². The van der Waals surface area contributed by atoms with Crippen molar-refractivity contribution in [2.45, 2.75) is 16.6 Å². The summed E-state index contributed by atoms with van der Waals surface area (Å²) in [5.74, 6) is 0.149. The number of nitrogens with two attached hydrogens (primary N) is 1. The van der Waals surface area contributed by atoms with Gasteiger partial charge in [-0.05, 0) is 35.2 Å². The molecule has 3 aromatic rings. The molecule has 0 saturated carbocycles. The maximum atomic E-state index is 12.5. The van der Waals surface area contributed by atoms with E-state index in [1.807, 2.05) is 60.1 Å². The molecule has 3 nitrogen and oxygen atoms in total. The molecule has 116 valence electrons. The highest BCUT2D eigenvalue weighted by atomic mass is 32.2. The van der Waals surface area contributed by atoms with Crippen LogP contribution in [0, 0.1) is 0 Å². The molecule has 0 spiro atoms. The molecule has 5 heteroatoms. The van der Waals surface area contributed by atoms with E-state index in [1.54, 1.807) is 18.0 Å². The summed E-state index contributed by atoms with van der Waals surface area (Å²) in [5, 5.41) is 1.91. The van der Waals surface area contributed by atoms with E-state index in [0.717, 1.165) is 21.0 Å². The van der Waals surface area contributed by atoms with Crippen molar-refractivity contribution in [2.24, 2.45) is 0 Å². The lowest BCUT2D eigenvalue weighted by molar-refractivity contribution is 0.0986. The molecule has 2 aromatic heterocycles. The fourth-order valence-electron chi connectivity index (χ4n) is 2.24. The molecule has 0 unspecified atom stereocenters. The van der Waals surface area contributed by atoms with Crippen LogP contribution >= 0.6 is 23.1 Å². The van der Waals surface area contributed by atoms with Gasteiger partial charge >= 0.3 is 0 Å². The lowest BCUT2D eigenvalue weighted by Gasteiger charge is -2.17. The van der Waals surface area contributed by atoms with E-state index in [4.69, 9.17) is 5.73 Å². The molecule has 23 heavy (non-hydrogen) atoms. The number of carbonyl (C=O) groups is 1. The average Bonchev–Trinajstić information content (AvgIpc) is 3.11. The number of para-hydroxylation sites is 1. The van der Waals surface area contributed by atoms with Crippen molar-refractivity contribution in [3.05, 3.63) is 76.7 Å². The number of nitrogens with zero attached hydrogens (tertiary/aromatic N) is 1. The van der Waals surface area contributed by atoms with Crippen molar-refractivity contribution >= 4 is 34.6 Å². The fraction of sp³-hybridized carbons (Fsp3) is 0.111. The highest BCUT2D eigenvalue weighted by Crippen LogP contribution is 2.40. The first-order chi connectivity index (χ1) is 11.2. The van der Waals surface area contributed by atoms with E-state index in [2.05, 4.69) is 4.98 Å². The number of benzene rings is 1. The van der Waals surface area contributed by atoms with Crippen LogP contribution in [0.3, 0.4) is 0 Å². The number of hydrogen-bond acceptors (Lipinski definition) is 5. The first kappa shape index (κ1) is 15.8. The Hall–Kier alpha value is -2.11. The Labute approximate surface area is 143 Å². The van der Waals surface area contributed by atoms with Crippen LogP contribution in [-0.4, -0.2) is 10.8 Å². The summed E-state index contributed by atoms with van der Waals surface area (Å²) >= 11 is 3.09. The summed E-state index contributed by atoms with van der Waals surface area (Å²) in [6.07, 6.45) is 3.98. The Morgan fingerprint density at radius 3 is 2.74 bits per heavy atom. The van der Waals surface area contributed by atoms with E-state index in [1.165, 1.54) is 11.3 Å². The summed E-state index contributed by atoms with van der Waals surface area (Å²) in [7, 11) is 0. The predicted octanol–water partition coefficient (Wildman–Crippen LogP) is 4.83. The predicted molar refractivity (Wildman–Crippen MR) is 97.0 cm³/mol.